The molecule has 0 aliphatic carbocycles. The maximum atomic E-state index is 13.4. The maximum Gasteiger partial charge on any atom is 0.417 e. The summed E-state index contributed by atoms with van der Waals surface area (Å²) in [5.41, 5.74) is -4.00. The van der Waals surface area contributed by atoms with Crippen molar-refractivity contribution in [2.75, 3.05) is 0 Å². The Labute approximate surface area is 185 Å². The Morgan fingerprint density at radius 3 is 1.73 bits per heavy atom. The predicted molar refractivity (Wildman–Crippen MR) is 109 cm³/mol. The molecule has 1 atom stereocenters. The molecule has 0 N–H and O–H groups in total. The van der Waals surface area contributed by atoms with E-state index in [-0.39, 0.29) is 30.7 Å². The first-order chi connectivity index (χ1) is 13.2. The minimum absolute atomic E-state index is 0. The average molecular weight is 441 g/mol. The Morgan fingerprint density at radius 2 is 1.33 bits per heavy atom. The van der Waals surface area contributed by atoms with Crippen LogP contribution < -0.4 is 5.30 Å². The van der Waals surface area contributed by atoms with Gasteiger partial charge in [-0.25, -0.2) is 0 Å². The monoisotopic (exact) mass is 441 g/mol. The van der Waals surface area contributed by atoms with Gasteiger partial charge < -0.3 is 0 Å². The third-order valence-corrected chi connectivity index (χ3v) is 5.70. The van der Waals surface area contributed by atoms with Gasteiger partial charge in [0.05, 0.1) is 11.1 Å². The second-order valence-corrected chi connectivity index (χ2v) is 8.58. The molecule has 0 saturated carbocycles. The van der Waals surface area contributed by atoms with Gasteiger partial charge in [0.1, 0.15) is 0 Å². The van der Waals surface area contributed by atoms with E-state index in [9.17, 15) is 31.1 Å². The van der Waals surface area contributed by atoms with Crippen LogP contribution in [0.15, 0.2) is 36.4 Å². The Kier molecular flexibility index (Phi) is 8.82. The Bertz CT molecular complexity index is 871. The summed E-state index contributed by atoms with van der Waals surface area (Å²) in [6, 6.07) is 7.06. The van der Waals surface area contributed by atoms with Crippen molar-refractivity contribution in [1.29, 1.82) is 0 Å². The first-order valence-electron chi connectivity index (χ1n) is 8.96. The minimum atomic E-state index is -5.07. The van der Waals surface area contributed by atoms with Gasteiger partial charge in [0.25, 0.3) is 0 Å². The molecule has 9 heteroatoms. The molecule has 0 spiro atoms. The Balaban J connectivity index is 0.00000450. The molecule has 159 valence electrons. The van der Waals surface area contributed by atoms with E-state index >= 15 is 0 Å². The molecule has 30 heavy (non-hydrogen) atoms. The zero-order valence-corrected chi connectivity index (χ0v) is 18.3. The third-order valence-electron chi connectivity index (χ3n) is 4.52. The van der Waals surface area contributed by atoms with Gasteiger partial charge in [-0.3, -0.25) is 4.79 Å². The third kappa shape index (κ3) is 6.12. The number of hydrogen-bond acceptors (Lipinski definition) is 1. The van der Waals surface area contributed by atoms with Crippen LogP contribution in [0.25, 0.3) is 0 Å². The van der Waals surface area contributed by atoms with Crippen molar-refractivity contribution in [1.82, 2.24) is 0 Å². The summed E-state index contributed by atoms with van der Waals surface area (Å²) in [6.07, 6.45) is -10.1. The van der Waals surface area contributed by atoms with Crippen LogP contribution in [0.2, 0.25) is 0 Å². The molecule has 1 radical (unpaired) electrons. The van der Waals surface area contributed by atoms with Gasteiger partial charge in [-0.1, -0.05) is 52.0 Å². The van der Waals surface area contributed by atoms with Gasteiger partial charge in [0.2, 0.25) is 0 Å². The number of benzene rings is 2. The summed E-state index contributed by atoms with van der Waals surface area (Å²) in [5.74, 6) is 0.0644. The average Bonchev–Trinajstić information content (AvgIpc) is 2.59. The van der Waals surface area contributed by atoms with Crippen LogP contribution in [-0.2, 0) is 12.4 Å². The molecule has 0 aromatic heterocycles. The molecule has 0 aliphatic rings. The quantitative estimate of drug-likeness (QED) is 0.286. The fraction of sp³-hybridized carbons (Fsp3) is 0.381. The Morgan fingerprint density at radius 1 is 0.833 bits per heavy atom. The van der Waals surface area contributed by atoms with Crippen molar-refractivity contribution in [3.8, 4) is 0 Å². The van der Waals surface area contributed by atoms with Crippen LogP contribution in [0.1, 0.15) is 72.1 Å². The molecular formula is C21H21F6LiOP. The normalized spacial score (nSPS) is 12.7. The smallest absolute Gasteiger partial charge is 0.289 e. The first-order valence-corrected chi connectivity index (χ1v) is 9.96. The first kappa shape index (κ1) is 26.8. The number of carbonyl (C=O) groups excluding carboxylic acids is 1. The molecule has 1 unspecified atom stereocenters. The van der Waals surface area contributed by atoms with Crippen LogP contribution in [0, 0.1) is 0 Å². The van der Waals surface area contributed by atoms with Crippen molar-refractivity contribution in [2.24, 2.45) is 0 Å². The summed E-state index contributed by atoms with van der Waals surface area (Å²) in [7, 11) is -0.852. The molecule has 0 amide bonds. The van der Waals surface area contributed by atoms with Crippen LogP contribution >= 0.6 is 8.58 Å². The van der Waals surface area contributed by atoms with E-state index in [1.54, 1.807) is 12.1 Å². The van der Waals surface area contributed by atoms with Crippen LogP contribution in [0.3, 0.4) is 0 Å². The van der Waals surface area contributed by atoms with E-state index in [1.165, 1.54) is 0 Å². The molecule has 2 aromatic carbocycles. The van der Waals surface area contributed by atoms with E-state index in [2.05, 4.69) is 0 Å². The zero-order chi connectivity index (χ0) is 22.1. The van der Waals surface area contributed by atoms with Crippen LogP contribution in [0.4, 0.5) is 26.3 Å². The van der Waals surface area contributed by atoms with Crippen LogP contribution in [-0.4, -0.2) is 24.4 Å². The molecule has 0 fully saturated rings. The molecule has 0 aliphatic heterocycles. The van der Waals surface area contributed by atoms with E-state index in [4.69, 9.17) is 0 Å². The van der Waals surface area contributed by atoms with Gasteiger partial charge in [0.15, 0.2) is 5.52 Å². The van der Waals surface area contributed by atoms with Gasteiger partial charge in [-0.2, -0.15) is 26.3 Å². The largest absolute Gasteiger partial charge is 0.417 e. The van der Waals surface area contributed by atoms with Crippen LogP contribution in [0.5, 0.6) is 0 Å². The molecular weight excluding hydrogens is 420 g/mol. The minimum Gasteiger partial charge on any atom is -0.289 e. The summed E-state index contributed by atoms with van der Waals surface area (Å²) in [6.45, 7) is 7.54. The van der Waals surface area contributed by atoms with E-state index in [1.807, 2.05) is 33.8 Å². The van der Waals surface area contributed by atoms with Gasteiger partial charge >= 0.3 is 12.4 Å². The summed E-state index contributed by atoms with van der Waals surface area (Å²) < 4.78 is 80.3. The van der Waals surface area contributed by atoms with Crippen molar-refractivity contribution in [3.63, 3.8) is 0 Å². The number of carbonyl (C=O) groups is 1. The summed E-state index contributed by atoms with van der Waals surface area (Å²) in [4.78, 5) is 12.8. The van der Waals surface area contributed by atoms with E-state index in [0.717, 1.165) is 11.1 Å². The number of halogens is 6. The fourth-order valence-electron chi connectivity index (χ4n) is 3.00. The number of alkyl halides is 6. The second kappa shape index (κ2) is 9.89. The molecule has 0 bridgehead atoms. The SMILES string of the molecule is CC(C)c1ccc(C(C)C)c(PC(=O)c2c(C(F)(F)F)cccc2C(F)(F)F)c1.[Li]. The van der Waals surface area contributed by atoms with E-state index < -0.39 is 43.1 Å². The van der Waals surface area contributed by atoms with Crippen molar-refractivity contribution >= 4 is 38.3 Å². The summed E-state index contributed by atoms with van der Waals surface area (Å²) >= 11 is 0. The topological polar surface area (TPSA) is 17.1 Å². The maximum absolute atomic E-state index is 13.4. The van der Waals surface area contributed by atoms with Gasteiger partial charge in [-0.15, -0.1) is 0 Å². The van der Waals surface area contributed by atoms with Gasteiger partial charge in [-0.05, 0) is 49.0 Å². The zero-order valence-electron chi connectivity index (χ0n) is 17.3. The molecule has 2 aromatic rings. The predicted octanol–water partition coefficient (Wildman–Crippen LogP) is 6.73. The molecule has 0 saturated heterocycles. The summed E-state index contributed by atoms with van der Waals surface area (Å²) in [5, 5.41) is 0.473. The van der Waals surface area contributed by atoms with Gasteiger partial charge in [0, 0.05) is 24.4 Å². The van der Waals surface area contributed by atoms with Crippen molar-refractivity contribution in [3.05, 3.63) is 64.2 Å². The molecule has 1 nitrogen and oxygen atoms in total. The molecule has 0 heterocycles. The van der Waals surface area contributed by atoms with Crippen molar-refractivity contribution in [2.45, 2.75) is 51.9 Å². The fourth-order valence-corrected chi connectivity index (χ4v) is 4.39. The standard InChI is InChI=1S/C21H21F6OP.Li/c1-11(2)13-8-9-14(12(3)4)17(10-13)29-19(28)18-15(20(22,23)24)6-5-7-16(18)21(25,26)27;/h5-12,29H,1-4H3;. The van der Waals surface area contributed by atoms with Crippen molar-refractivity contribution < 1.29 is 31.1 Å². The number of rotatable bonds is 5. The van der Waals surface area contributed by atoms with E-state index in [0.29, 0.717) is 23.5 Å². The molecule has 2 rings (SSSR count). The Hall–Kier alpha value is -1.28. The number of hydrogen-bond donors (Lipinski definition) is 0. The second-order valence-electron chi connectivity index (χ2n) is 7.33.